The largest absolute Gasteiger partial charge is 0.381 e. The van der Waals surface area contributed by atoms with E-state index in [1.165, 1.54) is 24.1 Å². The fourth-order valence-corrected chi connectivity index (χ4v) is 3.50. The first-order chi connectivity index (χ1) is 11.4. The van der Waals surface area contributed by atoms with E-state index in [0.717, 1.165) is 43.9 Å². The lowest BCUT2D eigenvalue weighted by Crippen LogP contribution is -2.38. The summed E-state index contributed by atoms with van der Waals surface area (Å²) in [6, 6.07) is 4.87. The zero-order valence-electron chi connectivity index (χ0n) is 13.2. The second-order valence-corrected chi connectivity index (χ2v) is 6.34. The van der Waals surface area contributed by atoms with Crippen molar-refractivity contribution in [3.05, 3.63) is 42.0 Å². The van der Waals surface area contributed by atoms with Crippen molar-refractivity contribution in [1.29, 1.82) is 0 Å². The first-order valence-electron chi connectivity index (χ1n) is 8.50. The summed E-state index contributed by atoms with van der Waals surface area (Å²) < 4.78 is 5.45. The van der Waals surface area contributed by atoms with Crippen LogP contribution in [0, 0.1) is 0 Å². The fraction of sp³-hybridized carbons (Fsp3) is 0.500. The number of rotatable bonds is 3. The summed E-state index contributed by atoms with van der Waals surface area (Å²) in [5.41, 5.74) is 3.44. The SMILES string of the molecule is c1cncc(-c2ncc3c(n2)CCC[C@H]3NC2CCOCC2)c1. The highest BCUT2D eigenvalue weighted by Crippen LogP contribution is 2.30. The predicted octanol–water partition coefficient (Wildman–Crippen LogP) is 2.68. The van der Waals surface area contributed by atoms with E-state index in [9.17, 15) is 0 Å². The highest BCUT2D eigenvalue weighted by Gasteiger charge is 2.25. The molecule has 0 amide bonds. The highest BCUT2D eigenvalue weighted by atomic mass is 16.5. The Morgan fingerprint density at radius 2 is 2.04 bits per heavy atom. The van der Waals surface area contributed by atoms with Gasteiger partial charge in [-0.2, -0.15) is 0 Å². The lowest BCUT2D eigenvalue weighted by molar-refractivity contribution is 0.0741. The molecule has 2 aliphatic rings. The zero-order chi connectivity index (χ0) is 15.5. The van der Waals surface area contributed by atoms with Gasteiger partial charge < -0.3 is 10.1 Å². The van der Waals surface area contributed by atoms with Gasteiger partial charge in [-0.3, -0.25) is 4.98 Å². The number of hydrogen-bond donors (Lipinski definition) is 1. The molecule has 1 fully saturated rings. The van der Waals surface area contributed by atoms with Crippen LogP contribution >= 0.6 is 0 Å². The molecule has 1 saturated heterocycles. The molecule has 5 heteroatoms. The number of pyridine rings is 1. The molecule has 3 heterocycles. The van der Waals surface area contributed by atoms with Crippen LogP contribution < -0.4 is 5.32 Å². The van der Waals surface area contributed by atoms with Gasteiger partial charge in [0, 0.05) is 60.7 Å². The van der Waals surface area contributed by atoms with Crippen LogP contribution in [0.3, 0.4) is 0 Å². The smallest absolute Gasteiger partial charge is 0.160 e. The molecule has 1 aliphatic carbocycles. The Labute approximate surface area is 136 Å². The lowest BCUT2D eigenvalue weighted by atomic mass is 9.91. The number of hydrogen-bond acceptors (Lipinski definition) is 5. The maximum atomic E-state index is 5.45. The summed E-state index contributed by atoms with van der Waals surface area (Å²) in [4.78, 5) is 13.6. The number of ether oxygens (including phenoxy) is 1. The molecule has 1 atom stereocenters. The topological polar surface area (TPSA) is 59.9 Å². The average molecular weight is 310 g/mol. The molecule has 0 aromatic carbocycles. The second kappa shape index (κ2) is 6.72. The summed E-state index contributed by atoms with van der Waals surface area (Å²) in [5, 5.41) is 3.80. The minimum absolute atomic E-state index is 0.379. The van der Waals surface area contributed by atoms with Gasteiger partial charge in [-0.25, -0.2) is 9.97 Å². The summed E-state index contributed by atoms with van der Waals surface area (Å²) in [6.45, 7) is 1.74. The zero-order valence-corrected chi connectivity index (χ0v) is 13.2. The first kappa shape index (κ1) is 14.7. The molecular weight excluding hydrogens is 288 g/mol. The third-order valence-corrected chi connectivity index (χ3v) is 4.76. The van der Waals surface area contributed by atoms with Crippen molar-refractivity contribution < 1.29 is 4.74 Å². The van der Waals surface area contributed by atoms with Crippen LogP contribution in [-0.4, -0.2) is 34.2 Å². The molecule has 1 N–H and O–H groups in total. The van der Waals surface area contributed by atoms with E-state index >= 15 is 0 Å². The lowest BCUT2D eigenvalue weighted by Gasteiger charge is -2.31. The van der Waals surface area contributed by atoms with Crippen LogP contribution in [0.4, 0.5) is 0 Å². The Morgan fingerprint density at radius 3 is 2.87 bits per heavy atom. The standard InChI is InChI=1S/C18H22N4O/c1-4-16(21-14-6-9-23-10-7-14)15-12-20-18(22-17(15)5-1)13-3-2-8-19-11-13/h2-3,8,11-12,14,16,21H,1,4-7,9-10H2/t16-/m1/s1. The van der Waals surface area contributed by atoms with Crippen molar-refractivity contribution in [2.45, 2.75) is 44.2 Å². The van der Waals surface area contributed by atoms with E-state index in [2.05, 4.69) is 15.3 Å². The maximum absolute atomic E-state index is 5.45. The molecule has 120 valence electrons. The predicted molar refractivity (Wildman–Crippen MR) is 87.9 cm³/mol. The normalized spacial score (nSPS) is 21.8. The van der Waals surface area contributed by atoms with Gasteiger partial charge in [0.2, 0.25) is 0 Å². The monoisotopic (exact) mass is 310 g/mol. The van der Waals surface area contributed by atoms with Gasteiger partial charge in [-0.15, -0.1) is 0 Å². The third kappa shape index (κ3) is 3.26. The van der Waals surface area contributed by atoms with Crippen molar-refractivity contribution >= 4 is 0 Å². The molecule has 2 aromatic heterocycles. The van der Waals surface area contributed by atoms with Gasteiger partial charge in [-0.1, -0.05) is 0 Å². The molecule has 1 aliphatic heterocycles. The Balaban J connectivity index is 1.56. The number of nitrogens with one attached hydrogen (secondary N) is 1. The van der Waals surface area contributed by atoms with E-state index in [1.807, 2.05) is 24.5 Å². The third-order valence-electron chi connectivity index (χ3n) is 4.76. The van der Waals surface area contributed by atoms with Crippen LogP contribution in [0.25, 0.3) is 11.4 Å². The van der Waals surface area contributed by atoms with E-state index in [-0.39, 0.29) is 0 Å². The Morgan fingerprint density at radius 1 is 1.13 bits per heavy atom. The Hall–Kier alpha value is -1.85. The maximum Gasteiger partial charge on any atom is 0.160 e. The van der Waals surface area contributed by atoms with E-state index < -0.39 is 0 Å². The number of aryl methyl sites for hydroxylation is 1. The first-order valence-corrected chi connectivity index (χ1v) is 8.50. The highest BCUT2D eigenvalue weighted by molar-refractivity contribution is 5.53. The second-order valence-electron chi connectivity index (χ2n) is 6.34. The van der Waals surface area contributed by atoms with Gasteiger partial charge in [0.1, 0.15) is 0 Å². The van der Waals surface area contributed by atoms with E-state index in [1.54, 1.807) is 6.20 Å². The van der Waals surface area contributed by atoms with Gasteiger partial charge in [0.15, 0.2) is 5.82 Å². The van der Waals surface area contributed by atoms with E-state index in [4.69, 9.17) is 9.72 Å². The molecule has 2 aromatic rings. The van der Waals surface area contributed by atoms with Crippen molar-refractivity contribution in [2.75, 3.05) is 13.2 Å². The molecule has 0 bridgehead atoms. The van der Waals surface area contributed by atoms with E-state index in [0.29, 0.717) is 12.1 Å². The number of fused-ring (bicyclic) bond motifs is 1. The molecule has 0 spiro atoms. The molecule has 5 nitrogen and oxygen atoms in total. The van der Waals surface area contributed by atoms with Crippen LogP contribution in [0.15, 0.2) is 30.7 Å². The molecule has 23 heavy (non-hydrogen) atoms. The minimum Gasteiger partial charge on any atom is -0.381 e. The summed E-state index contributed by atoms with van der Waals surface area (Å²) in [5.74, 6) is 0.781. The van der Waals surface area contributed by atoms with Crippen LogP contribution in [-0.2, 0) is 11.2 Å². The molecule has 0 unspecified atom stereocenters. The Bertz CT molecular complexity index is 655. The van der Waals surface area contributed by atoms with Gasteiger partial charge in [0.05, 0.1) is 0 Å². The van der Waals surface area contributed by atoms with Crippen LogP contribution in [0.5, 0.6) is 0 Å². The molecule has 0 saturated carbocycles. The Kier molecular flexibility index (Phi) is 4.30. The van der Waals surface area contributed by atoms with Crippen molar-refractivity contribution in [2.24, 2.45) is 0 Å². The molecule has 0 radical (unpaired) electrons. The van der Waals surface area contributed by atoms with Gasteiger partial charge in [-0.05, 0) is 44.2 Å². The van der Waals surface area contributed by atoms with Crippen LogP contribution in [0.2, 0.25) is 0 Å². The number of nitrogens with zero attached hydrogens (tertiary/aromatic N) is 3. The minimum atomic E-state index is 0.379. The summed E-state index contributed by atoms with van der Waals surface area (Å²) in [7, 11) is 0. The van der Waals surface area contributed by atoms with Crippen molar-refractivity contribution in [1.82, 2.24) is 20.3 Å². The van der Waals surface area contributed by atoms with Gasteiger partial charge >= 0.3 is 0 Å². The molecule has 4 rings (SSSR count). The fourth-order valence-electron chi connectivity index (χ4n) is 3.50. The van der Waals surface area contributed by atoms with Gasteiger partial charge in [0.25, 0.3) is 0 Å². The van der Waals surface area contributed by atoms with Crippen LogP contribution in [0.1, 0.15) is 43.0 Å². The summed E-state index contributed by atoms with van der Waals surface area (Å²) >= 11 is 0. The summed E-state index contributed by atoms with van der Waals surface area (Å²) in [6.07, 6.45) is 11.2. The quantitative estimate of drug-likeness (QED) is 0.944. The van der Waals surface area contributed by atoms with Crippen molar-refractivity contribution in [3.8, 4) is 11.4 Å². The molecular formula is C18H22N4O. The average Bonchev–Trinajstić information content (AvgIpc) is 2.63. The van der Waals surface area contributed by atoms with Crippen molar-refractivity contribution in [3.63, 3.8) is 0 Å². The number of aromatic nitrogens is 3.